The van der Waals surface area contributed by atoms with Gasteiger partial charge in [-0.2, -0.15) is 0 Å². The molecule has 0 aliphatic rings. The van der Waals surface area contributed by atoms with Crippen LogP contribution in [0.25, 0.3) is 4.85 Å². The zero-order valence-electron chi connectivity index (χ0n) is 5.54. The molecule has 0 aromatic heterocycles. The van der Waals surface area contributed by atoms with E-state index >= 15 is 0 Å². The molecule has 0 unspecified atom stereocenters. The lowest BCUT2D eigenvalue weighted by Crippen LogP contribution is -1.76. The molecule has 0 atom stereocenters. The van der Waals surface area contributed by atoms with Crippen LogP contribution in [0, 0.1) is 6.57 Å². The van der Waals surface area contributed by atoms with Crippen molar-refractivity contribution in [2.75, 3.05) is 0 Å². The molecule has 1 rings (SSSR count). The number of hydrogen-bond donors (Lipinski definition) is 0. The summed E-state index contributed by atoms with van der Waals surface area (Å²) in [6, 6.07) is 4.57. The van der Waals surface area contributed by atoms with E-state index in [1.165, 1.54) is 6.07 Å². The standard InChI is InChI=1S/C8H4ClNO/c1-10-8-4-6(5-11)2-3-7(8)9/h2-5H. The number of benzene rings is 1. The number of hydrogen-bond acceptors (Lipinski definition) is 1. The van der Waals surface area contributed by atoms with E-state index in [0.717, 1.165) is 0 Å². The van der Waals surface area contributed by atoms with Crippen LogP contribution < -0.4 is 0 Å². The molecule has 0 radical (unpaired) electrons. The first-order chi connectivity index (χ1) is 5.27. The number of nitrogens with zero attached hydrogens (tertiary/aromatic N) is 1. The van der Waals surface area contributed by atoms with Crippen molar-refractivity contribution < 1.29 is 4.79 Å². The SMILES string of the molecule is [C-]#[N+]c1cc(C=O)ccc1Cl. The summed E-state index contributed by atoms with van der Waals surface area (Å²) < 4.78 is 0. The Labute approximate surface area is 69.2 Å². The Kier molecular flexibility index (Phi) is 2.25. The van der Waals surface area contributed by atoms with Crippen molar-refractivity contribution in [3.05, 3.63) is 40.2 Å². The molecule has 1 aromatic carbocycles. The fourth-order valence-corrected chi connectivity index (χ4v) is 0.848. The van der Waals surface area contributed by atoms with Crippen LogP contribution in [0.1, 0.15) is 10.4 Å². The second kappa shape index (κ2) is 3.18. The minimum absolute atomic E-state index is 0.316. The zero-order valence-corrected chi connectivity index (χ0v) is 6.30. The van der Waals surface area contributed by atoms with Gasteiger partial charge in [-0.05, 0) is 6.07 Å². The summed E-state index contributed by atoms with van der Waals surface area (Å²) in [6.07, 6.45) is 0.686. The lowest BCUT2D eigenvalue weighted by Gasteiger charge is -1.93. The number of carbonyl (C=O) groups excluding carboxylic acids is 1. The average molecular weight is 166 g/mol. The number of aldehydes is 1. The summed E-state index contributed by atoms with van der Waals surface area (Å²) in [5.41, 5.74) is 0.789. The minimum atomic E-state index is 0.316. The quantitative estimate of drug-likeness (QED) is 0.463. The Morgan fingerprint density at radius 1 is 1.55 bits per heavy atom. The van der Waals surface area contributed by atoms with Gasteiger partial charge in [0.1, 0.15) is 6.29 Å². The number of carbonyl (C=O) groups is 1. The van der Waals surface area contributed by atoms with Crippen molar-refractivity contribution in [3.8, 4) is 0 Å². The first kappa shape index (κ1) is 7.77. The predicted molar refractivity (Wildman–Crippen MR) is 43.1 cm³/mol. The Morgan fingerprint density at radius 3 is 2.82 bits per heavy atom. The van der Waals surface area contributed by atoms with E-state index in [9.17, 15) is 4.79 Å². The van der Waals surface area contributed by atoms with Crippen molar-refractivity contribution >= 4 is 23.6 Å². The highest BCUT2D eigenvalue weighted by molar-refractivity contribution is 6.33. The summed E-state index contributed by atoms with van der Waals surface area (Å²) in [5, 5.41) is 0.380. The van der Waals surface area contributed by atoms with Gasteiger partial charge in [0.25, 0.3) is 0 Å². The van der Waals surface area contributed by atoms with Crippen LogP contribution in [-0.4, -0.2) is 6.29 Å². The van der Waals surface area contributed by atoms with Gasteiger partial charge in [-0.15, -0.1) is 0 Å². The zero-order chi connectivity index (χ0) is 8.27. The van der Waals surface area contributed by atoms with Crippen molar-refractivity contribution in [2.45, 2.75) is 0 Å². The van der Waals surface area contributed by atoms with Crippen LogP contribution in [0.15, 0.2) is 18.2 Å². The predicted octanol–water partition coefficient (Wildman–Crippen LogP) is 2.70. The maximum absolute atomic E-state index is 10.2. The molecule has 0 heterocycles. The van der Waals surface area contributed by atoms with E-state index in [2.05, 4.69) is 4.85 Å². The van der Waals surface area contributed by atoms with Crippen molar-refractivity contribution in [3.63, 3.8) is 0 Å². The maximum atomic E-state index is 10.2. The minimum Gasteiger partial charge on any atom is -0.298 e. The molecule has 0 fully saturated rings. The molecule has 0 aliphatic carbocycles. The lowest BCUT2D eigenvalue weighted by atomic mass is 10.2. The molecule has 1 aromatic rings. The molecule has 0 spiro atoms. The van der Waals surface area contributed by atoms with Gasteiger partial charge in [-0.25, -0.2) is 4.85 Å². The molecule has 11 heavy (non-hydrogen) atoms. The topological polar surface area (TPSA) is 21.4 Å². The first-order valence-electron chi connectivity index (χ1n) is 2.90. The van der Waals surface area contributed by atoms with Gasteiger partial charge < -0.3 is 0 Å². The van der Waals surface area contributed by atoms with Crippen LogP contribution in [0.4, 0.5) is 5.69 Å². The molecular formula is C8H4ClNO. The summed E-state index contributed by atoms with van der Waals surface area (Å²) in [7, 11) is 0. The molecule has 0 saturated carbocycles. The third-order valence-corrected chi connectivity index (χ3v) is 1.55. The molecule has 3 heteroatoms. The average Bonchev–Trinajstić information content (AvgIpc) is 2.05. The molecule has 0 N–H and O–H groups in total. The first-order valence-corrected chi connectivity index (χ1v) is 3.28. The number of halogens is 1. The fourth-order valence-electron chi connectivity index (χ4n) is 0.689. The molecule has 0 bridgehead atoms. The van der Waals surface area contributed by atoms with Crippen LogP contribution in [0.2, 0.25) is 5.02 Å². The third-order valence-electron chi connectivity index (χ3n) is 1.23. The van der Waals surface area contributed by atoms with E-state index in [-0.39, 0.29) is 0 Å². The van der Waals surface area contributed by atoms with Gasteiger partial charge in [0, 0.05) is 10.6 Å². The van der Waals surface area contributed by atoms with E-state index in [0.29, 0.717) is 22.6 Å². The third kappa shape index (κ3) is 1.57. The summed E-state index contributed by atoms with van der Waals surface area (Å²) in [6.45, 7) is 6.68. The van der Waals surface area contributed by atoms with Gasteiger partial charge in [0.15, 0.2) is 0 Å². The van der Waals surface area contributed by atoms with E-state index < -0.39 is 0 Å². The van der Waals surface area contributed by atoms with Gasteiger partial charge in [-0.1, -0.05) is 23.7 Å². The molecular weight excluding hydrogens is 162 g/mol. The highest BCUT2D eigenvalue weighted by atomic mass is 35.5. The summed E-state index contributed by atoms with van der Waals surface area (Å²) in [4.78, 5) is 13.4. The number of rotatable bonds is 1. The van der Waals surface area contributed by atoms with Crippen LogP contribution in [-0.2, 0) is 0 Å². The Balaban J connectivity index is 3.25. The van der Waals surface area contributed by atoms with Gasteiger partial charge in [0.2, 0.25) is 5.69 Å². The largest absolute Gasteiger partial charge is 0.298 e. The van der Waals surface area contributed by atoms with Gasteiger partial charge in [-0.3, -0.25) is 4.79 Å². The Bertz CT molecular complexity index is 327. The normalized spacial score (nSPS) is 8.73. The lowest BCUT2D eigenvalue weighted by molar-refractivity contribution is 0.112. The smallest absolute Gasteiger partial charge is 0.206 e. The Morgan fingerprint density at radius 2 is 2.27 bits per heavy atom. The molecule has 54 valence electrons. The molecule has 0 saturated heterocycles. The Hall–Kier alpha value is -1.33. The van der Waals surface area contributed by atoms with Crippen molar-refractivity contribution in [1.29, 1.82) is 0 Å². The molecule has 0 amide bonds. The second-order valence-corrected chi connectivity index (χ2v) is 2.35. The highest BCUT2D eigenvalue weighted by Crippen LogP contribution is 2.24. The molecule has 2 nitrogen and oxygen atoms in total. The van der Waals surface area contributed by atoms with Crippen molar-refractivity contribution in [1.82, 2.24) is 0 Å². The van der Waals surface area contributed by atoms with E-state index in [1.54, 1.807) is 12.1 Å². The monoisotopic (exact) mass is 165 g/mol. The van der Waals surface area contributed by atoms with Crippen LogP contribution >= 0.6 is 11.6 Å². The van der Waals surface area contributed by atoms with Gasteiger partial charge in [0.05, 0.1) is 6.57 Å². The second-order valence-electron chi connectivity index (χ2n) is 1.94. The van der Waals surface area contributed by atoms with Crippen LogP contribution in [0.3, 0.4) is 0 Å². The molecule has 0 aliphatic heterocycles. The van der Waals surface area contributed by atoms with Crippen LogP contribution in [0.5, 0.6) is 0 Å². The van der Waals surface area contributed by atoms with Crippen molar-refractivity contribution in [2.24, 2.45) is 0 Å². The van der Waals surface area contributed by atoms with E-state index in [1.807, 2.05) is 0 Å². The maximum Gasteiger partial charge on any atom is 0.206 e. The fraction of sp³-hybridized carbons (Fsp3) is 0. The highest BCUT2D eigenvalue weighted by Gasteiger charge is 1.99. The summed E-state index contributed by atoms with van der Waals surface area (Å²) >= 11 is 5.62. The van der Waals surface area contributed by atoms with E-state index in [4.69, 9.17) is 18.2 Å². The summed E-state index contributed by atoms with van der Waals surface area (Å²) in [5.74, 6) is 0. The van der Waals surface area contributed by atoms with Gasteiger partial charge >= 0.3 is 0 Å².